The summed E-state index contributed by atoms with van der Waals surface area (Å²) in [6.45, 7) is 2.02. The van der Waals surface area contributed by atoms with Gasteiger partial charge in [0.2, 0.25) is 0 Å². The molecule has 0 saturated carbocycles. The SMILES string of the molecule is CCCCCSc1ncc(C(=O)NO)c(N(Cc2ccccc2)S(=O)(=O)c2ccc(OC)cc2)n1. The minimum absolute atomic E-state index is 0.000323. The molecule has 35 heavy (non-hydrogen) atoms. The molecule has 0 aliphatic carbocycles. The van der Waals surface area contributed by atoms with Crippen molar-refractivity contribution in [1.29, 1.82) is 0 Å². The smallest absolute Gasteiger partial charge is 0.280 e. The molecule has 0 aliphatic rings. The number of rotatable bonds is 12. The zero-order valence-electron chi connectivity index (χ0n) is 19.5. The van der Waals surface area contributed by atoms with Crippen molar-refractivity contribution in [2.45, 2.75) is 42.8 Å². The molecule has 186 valence electrons. The largest absolute Gasteiger partial charge is 0.497 e. The Morgan fingerprint density at radius 2 is 1.83 bits per heavy atom. The molecule has 3 rings (SSSR count). The van der Waals surface area contributed by atoms with Gasteiger partial charge in [0, 0.05) is 11.9 Å². The Balaban J connectivity index is 2.12. The molecule has 0 saturated heterocycles. The number of hydroxylamine groups is 1. The molecule has 0 unspecified atom stereocenters. The normalized spacial score (nSPS) is 11.2. The van der Waals surface area contributed by atoms with Crippen LogP contribution in [0.5, 0.6) is 5.75 Å². The van der Waals surface area contributed by atoms with Crippen LogP contribution in [0.15, 0.2) is 70.8 Å². The first-order valence-electron chi connectivity index (χ1n) is 11.1. The van der Waals surface area contributed by atoms with Crippen molar-refractivity contribution in [3.05, 3.63) is 71.9 Å². The number of aromatic nitrogens is 2. The fraction of sp³-hybridized carbons (Fsp3) is 0.292. The maximum atomic E-state index is 13.8. The number of thioether (sulfide) groups is 1. The molecular formula is C24H28N4O5S2. The Morgan fingerprint density at radius 3 is 2.46 bits per heavy atom. The number of nitrogens with zero attached hydrogens (tertiary/aromatic N) is 3. The van der Waals surface area contributed by atoms with Crippen LogP contribution in [0.3, 0.4) is 0 Å². The van der Waals surface area contributed by atoms with Crippen molar-refractivity contribution in [1.82, 2.24) is 15.4 Å². The van der Waals surface area contributed by atoms with Gasteiger partial charge in [0.25, 0.3) is 15.9 Å². The summed E-state index contributed by atoms with van der Waals surface area (Å²) < 4.78 is 33.9. The van der Waals surface area contributed by atoms with E-state index in [9.17, 15) is 18.4 Å². The van der Waals surface area contributed by atoms with E-state index >= 15 is 0 Å². The number of benzene rings is 2. The number of methoxy groups -OCH3 is 1. The molecule has 0 spiro atoms. The molecule has 9 nitrogen and oxygen atoms in total. The van der Waals surface area contributed by atoms with Gasteiger partial charge in [0.1, 0.15) is 11.3 Å². The number of nitrogens with one attached hydrogen (secondary N) is 1. The van der Waals surface area contributed by atoms with E-state index in [2.05, 4.69) is 16.9 Å². The molecule has 0 bridgehead atoms. The standard InChI is InChI=1S/C24H28N4O5S2/c1-3-4-8-15-34-24-25-16-21(23(29)27-30)22(26-24)28(17-18-9-6-5-7-10-18)35(31,32)20-13-11-19(33-2)12-14-20/h5-7,9-14,16,30H,3-4,8,15,17H2,1-2H3,(H,27,29). The quantitative estimate of drug-likeness (QED) is 0.120. The maximum Gasteiger partial charge on any atom is 0.280 e. The number of anilines is 1. The zero-order valence-corrected chi connectivity index (χ0v) is 21.2. The van der Waals surface area contributed by atoms with Crippen LogP contribution in [-0.4, -0.2) is 42.4 Å². The molecule has 2 N–H and O–H groups in total. The minimum atomic E-state index is -4.17. The summed E-state index contributed by atoms with van der Waals surface area (Å²) in [7, 11) is -2.68. The number of carbonyl (C=O) groups is 1. The molecule has 2 aromatic carbocycles. The third kappa shape index (κ3) is 6.71. The molecular weight excluding hydrogens is 488 g/mol. The molecule has 0 fully saturated rings. The van der Waals surface area contributed by atoms with Crippen molar-refractivity contribution in [3.8, 4) is 5.75 Å². The van der Waals surface area contributed by atoms with Crippen molar-refractivity contribution in [3.63, 3.8) is 0 Å². The third-order valence-corrected chi connectivity index (χ3v) is 7.82. The van der Waals surface area contributed by atoms with Crippen LogP contribution < -0.4 is 14.5 Å². The minimum Gasteiger partial charge on any atom is -0.497 e. The summed E-state index contributed by atoms with van der Waals surface area (Å²) in [5.74, 6) is 0.226. The molecule has 0 aliphatic heterocycles. The summed E-state index contributed by atoms with van der Waals surface area (Å²) in [5, 5.41) is 9.63. The highest BCUT2D eigenvalue weighted by molar-refractivity contribution is 7.99. The molecule has 1 amide bonds. The predicted octanol–water partition coefficient (Wildman–Crippen LogP) is 4.28. The van der Waals surface area contributed by atoms with Gasteiger partial charge >= 0.3 is 0 Å². The summed E-state index contributed by atoms with van der Waals surface area (Å²) in [5.41, 5.74) is 2.08. The second-order valence-electron chi connectivity index (χ2n) is 7.56. The molecule has 11 heteroatoms. The molecule has 0 radical (unpaired) electrons. The van der Waals surface area contributed by atoms with Crippen LogP contribution in [0.4, 0.5) is 5.82 Å². The Hall–Kier alpha value is -3.15. The van der Waals surface area contributed by atoms with Crippen LogP contribution >= 0.6 is 11.8 Å². The number of sulfonamides is 1. The molecule has 1 heterocycles. The van der Waals surface area contributed by atoms with Gasteiger partial charge in [-0.2, -0.15) is 0 Å². The van der Waals surface area contributed by atoms with Gasteiger partial charge in [-0.05, 0) is 36.2 Å². The number of unbranched alkanes of at least 4 members (excludes halogenated alkanes) is 2. The van der Waals surface area contributed by atoms with Crippen LogP contribution in [0, 0.1) is 0 Å². The van der Waals surface area contributed by atoms with E-state index < -0.39 is 15.9 Å². The number of hydrogen-bond acceptors (Lipinski definition) is 8. The molecule has 1 aromatic heterocycles. The van der Waals surface area contributed by atoms with E-state index in [0.717, 1.165) is 29.3 Å². The zero-order chi connectivity index (χ0) is 25.3. The Kier molecular flexibility index (Phi) is 9.47. The van der Waals surface area contributed by atoms with E-state index in [0.29, 0.717) is 16.5 Å². The van der Waals surface area contributed by atoms with E-state index in [1.54, 1.807) is 41.9 Å². The summed E-state index contributed by atoms with van der Waals surface area (Å²) >= 11 is 1.38. The van der Waals surface area contributed by atoms with Crippen molar-refractivity contribution in [2.24, 2.45) is 0 Å². The summed E-state index contributed by atoms with van der Waals surface area (Å²) in [6.07, 6.45) is 4.30. The second-order valence-corrected chi connectivity index (χ2v) is 10.5. The highest BCUT2D eigenvalue weighted by Crippen LogP contribution is 2.30. The lowest BCUT2D eigenvalue weighted by Gasteiger charge is -2.25. The van der Waals surface area contributed by atoms with E-state index in [4.69, 9.17) is 4.74 Å². The lowest BCUT2D eigenvalue weighted by Crippen LogP contribution is -2.34. The van der Waals surface area contributed by atoms with Crippen LogP contribution in [0.1, 0.15) is 42.1 Å². The first-order valence-corrected chi connectivity index (χ1v) is 13.5. The van der Waals surface area contributed by atoms with Gasteiger partial charge < -0.3 is 4.74 Å². The number of carbonyl (C=O) groups excluding carboxylic acids is 1. The van der Waals surface area contributed by atoms with Gasteiger partial charge in [-0.25, -0.2) is 28.2 Å². The molecule has 3 aromatic rings. The fourth-order valence-electron chi connectivity index (χ4n) is 3.25. The lowest BCUT2D eigenvalue weighted by atomic mass is 10.2. The van der Waals surface area contributed by atoms with Crippen LogP contribution in [-0.2, 0) is 16.6 Å². The van der Waals surface area contributed by atoms with E-state index in [1.165, 1.54) is 37.2 Å². The highest BCUT2D eigenvalue weighted by atomic mass is 32.2. The van der Waals surface area contributed by atoms with Gasteiger partial charge in [0.15, 0.2) is 11.0 Å². The summed E-state index contributed by atoms with van der Waals surface area (Å²) in [4.78, 5) is 21.1. The molecule has 0 atom stereocenters. The topological polar surface area (TPSA) is 122 Å². The fourth-order valence-corrected chi connectivity index (χ4v) is 5.48. The van der Waals surface area contributed by atoms with Crippen LogP contribution in [0.25, 0.3) is 0 Å². The third-order valence-electron chi connectivity index (χ3n) is 5.12. The number of ether oxygens (including phenoxy) is 1. The first kappa shape index (κ1) is 26.5. The van der Waals surface area contributed by atoms with Gasteiger partial charge in [-0.15, -0.1) is 0 Å². The lowest BCUT2D eigenvalue weighted by molar-refractivity contribution is 0.0706. The van der Waals surface area contributed by atoms with E-state index in [-0.39, 0.29) is 22.8 Å². The average Bonchev–Trinajstić information content (AvgIpc) is 2.89. The van der Waals surface area contributed by atoms with Crippen molar-refractivity contribution >= 4 is 33.5 Å². The second kappa shape index (κ2) is 12.5. The number of amides is 1. The Labute approximate surface area is 209 Å². The van der Waals surface area contributed by atoms with Crippen molar-refractivity contribution < 1.29 is 23.2 Å². The Bertz CT molecular complexity index is 1220. The monoisotopic (exact) mass is 516 g/mol. The van der Waals surface area contributed by atoms with Gasteiger partial charge in [-0.3, -0.25) is 10.0 Å². The average molecular weight is 517 g/mol. The van der Waals surface area contributed by atoms with Gasteiger partial charge in [-0.1, -0.05) is 61.9 Å². The van der Waals surface area contributed by atoms with Crippen molar-refractivity contribution in [2.75, 3.05) is 17.2 Å². The highest BCUT2D eigenvalue weighted by Gasteiger charge is 2.31. The summed E-state index contributed by atoms with van der Waals surface area (Å²) in [6, 6.07) is 14.9. The van der Waals surface area contributed by atoms with E-state index in [1.807, 2.05) is 6.07 Å². The van der Waals surface area contributed by atoms with Gasteiger partial charge in [0.05, 0.1) is 18.6 Å². The Morgan fingerprint density at radius 1 is 1.11 bits per heavy atom. The first-order chi connectivity index (χ1) is 16.9. The predicted molar refractivity (Wildman–Crippen MR) is 134 cm³/mol. The number of hydrogen-bond donors (Lipinski definition) is 2. The maximum absolute atomic E-state index is 13.8. The van der Waals surface area contributed by atoms with Crippen LogP contribution in [0.2, 0.25) is 0 Å².